The van der Waals surface area contributed by atoms with E-state index in [0.717, 1.165) is 24.0 Å². The third-order valence-corrected chi connectivity index (χ3v) is 3.67. The van der Waals surface area contributed by atoms with Gasteiger partial charge in [0.05, 0.1) is 6.61 Å². The standard InChI is InChI=1S/C16H18N2O3/c1-3-20-16(19)13(12-7-5-4-6-10(12)2)15-17-14(18-21-15)11-8-9-11/h4-7,11,13H,3,8-9H2,1-2H3. The van der Waals surface area contributed by atoms with Crippen LogP contribution >= 0.6 is 0 Å². The zero-order valence-corrected chi connectivity index (χ0v) is 12.2. The molecule has 0 saturated heterocycles. The first-order valence-electron chi connectivity index (χ1n) is 7.26. The van der Waals surface area contributed by atoms with Crippen molar-refractivity contribution in [3.8, 4) is 0 Å². The number of rotatable bonds is 5. The van der Waals surface area contributed by atoms with Gasteiger partial charge in [-0.2, -0.15) is 4.98 Å². The number of hydrogen-bond acceptors (Lipinski definition) is 5. The summed E-state index contributed by atoms with van der Waals surface area (Å²) in [5.74, 6) is 0.420. The first kappa shape index (κ1) is 13.8. The van der Waals surface area contributed by atoms with E-state index in [1.165, 1.54) is 0 Å². The molecule has 1 aliphatic rings. The highest BCUT2D eigenvalue weighted by atomic mass is 16.5. The maximum absolute atomic E-state index is 12.3. The lowest BCUT2D eigenvalue weighted by Gasteiger charge is -2.14. The maximum atomic E-state index is 12.3. The Labute approximate surface area is 123 Å². The minimum absolute atomic E-state index is 0.324. The molecule has 1 unspecified atom stereocenters. The van der Waals surface area contributed by atoms with E-state index in [9.17, 15) is 4.79 Å². The molecule has 2 aromatic rings. The SMILES string of the molecule is CCOC(=O)C(c1nc(C2CC2)no1)c1ccccc1C. The first-order valence-corrected chi connectivity index (χ1v) is 7.26. The van der Waals surface area contributed by atoms with Crippen LogP contribution in [0.3, 0.4) is 0 Å². The molecule has 1 fully saturated rings. The summed E-state index contributed by atoms with van der Waals surface area (Å²) in [5.41, 5.74) is 1.85. The average molecular weight is 286 g/mol. The van der Waals surface area contributed by atoms with Crippen LogP contribution in [0, 0.1) is 6.92 Å². The van der Waals surface area contributed by atoms with E-state index in [1.54, 1.807) is 6.92 Å². The predicted octanol–water partition coefficient (Wildman–Crippen LogP) is 2.95. The molecule has 1 heterocycles. The fourth-order valence-corrected chi connectivity index (χ4v) is 2.37. The second-order valence-electron chi connectivity index (χ2n) is 5.31. The fourth-order valence-electron chi connectivity index (χ4n) is 2.37. The van der Waals surface area contributed by atoms with Crippen LogP contribution in [-0.4, -0.2) is 22.7 Å². The molecule has 0 N–H and O–H groups in total. The Balaban J connectivity index is 1.98. The summed E-state index contributed by atoms with van der Waals surface area (Å²) < 4.78 is 10.5. The van der Waals surface area contributed by atoms with E-state index in [2.05, 4.69) is 10.1 Å². The second-order valence-corrected chi connectivity index (χ2v) is 5.31. The van der Waals surface area contributed by atoms with Crippen molar-refractivity contribution in [2.45, 2.75) is 38.5 Å². The number of nitrogens with zero attached hydrogens (tertiary/aromatic N) is 2. The van der Waals surface area contributed by atoms with Crippen LogP contribution in [0.1, 0.15) is 54.4 Å². The van der Waals surface area contributed by atoms with E-state index in [4.69, 9.17) is 9.26 Å². The summed E-state index contributed by atoms with van der Waals surface area (Å²) in [4.78, 5) is 16.8. The van der Waals surface area contributed by atoms with E-state index >= 15 is 0 Å². The molecule has 5 heteroatoms. The Morgan fingerprint density at radius 3 is 2.86 bits per heavy atom. The van der Waals surface area contributed by atoms with Gasteiger partial charge < -0.3 is 9.26 Å². The number of aromatic nitrogens is 2. The lowest BCUT2D eigenvalue weighted by Crippen LogP contribution is -2.18. The molecule has 0 spiro atoms. The van der Waals surface area contributed by atoms with Gasteiger partial charge in [-0.3, -0.25) is 4.79 Å². The highest BCUT2D eigenvalue weighted by molar-refractivity contribution is 5.81. The molecule has 1 saturated carbocycles. The van der Waals surface area contributed by atoms with Crippen LogP contribution in [0.2, 0.25) is 0 Å². The summed E-state index contributed by atoms with van der Waals surface area (Å²) in [5, 5.41) is 4.00. The number of aryl methyl sites for hydroxylation is 1. The van der Waals surface area contributed by atoms with Crippen molar-refractivity contribution in [1.29, 1.82) is 0 Å². The minimum Gasteiger partial charge on any atom is -0.465 e. The molecule has 3 rings (SSSR count). The summed E-state index contributed by atoms with van der Waals surface area (Å²) in [6, 6.07) is 7.69. The third kappa shape index (κ3) is 2.82. The van der Waals surface area contributed by atoms with E-state index in [-0.39, 0.29) is 5.97 Å². The van der Waals surface area contributed by atoms with Gasteiger partial charge in [0.25, 0.3) is 0 Å². The number of ether oxygens (including phenoxy) is 1. The Bertz CT molecular complexity index is 646. The van der Waals surface area contributed by atoms with Crippen LogP contribution in [0.5, 0.6) is 0 Å². The summed E-state index contributed by atoms with van der Waals surface area (Å²) >= 11 is 0. The van der Waals surface area contributed by atoms with E-state index < -0.39 is 5.92 Å². The predicted molar refractivity (Wildman–Crippen MR) is 75.9 cm³/mol. The Kier molecular flexibility index (Phi) is 3.73. The van der Waals surface area contributed by atoms with Gasteiger partial charge in [0.15, 0.2) is 11.7 Å². The van der Waals surface area contributed by atoms with Crippen molar-refractivity contribution in [3.63, 3.8) is 0 Å². The van der Waals surface area contributed by atoms with Crippen LogP contribution in [0.25, 0.3) is 0 Å². The quantitative estimate of drug-likeness (QED) is 0.791. The van der Waals surface area contributed by atoms with Crippen molar-refractivity contribution < 1.29 is 14.1 Å². The Morgan fingerprint density at radius 1 is 1.43 bits per heavy atom. The summed E-state index contributed by atoms with van der Waals surface area (Å²) in [6.07, 6.45) is 2.18. The highest BCUT2D eigenvalue weighted by Crippen LogP contribution is 2.39. The van der Waals surface area contributed by atoms with Crippen molar-refractivity contribution in [2.24, 2.45) is 0 Å². The van der Waals surface area contributed by atoms with Crippen molar-refractivity contribution in [2.75, 3.05) is 6.61 Å². The Hall–Kier alpha value is -2.17. The lowest BCUT2D eigenvalue weighted by atomic mass is 9.94. The highest BCUT2D eigenvalue weighted by Gasteiger charge is 2.34. The van der Waals surface area contributed by atoms with Crippen molar-refractivity contribution in [1.82, 2.24) is 10.1 Å². The van der Waals surface area contributed by atoms with Gasteiger partial charge >= 0.3 is 5.97 Å². The maximum Gasteiger partial charge on any atom is 0.323 e. The molecule has 5 nitrogen and oxygen atoms in total. The monoisotopic (exact) mass is 286 g/mol. The van der Waals surface area contributed by atoms with Crippen LogP contribution in [0.4, 0.5) is 0 Å². The van der Waals surface area contributed by atoms with Crippen molar-refractivity contribution >= 4 is 5.97 Å². The molecular formula is C16H18N2O3. The number of carbonyl (C=O) groups excluding carboxylic acids is 1. The number of carbonyl (C=O) groups is 1. The average Bonchev–Trinajstić information content (AvgIpc) is 3.21. The van der Waals surface area contributed by atoms with Gasteiger partial charge in [-0.15, -0.1) is 0 Å². The molecule has 1 atom stereocenters. The van der Waals surface area contributed by atoms with Gasteiger partial charge in [0, 0.05) is 5.92 Å². The normalized spacial score (nSPS) is 15.7. The molecule has 110 valence electrons. The molecule has 0 bridgehead atoms. The molecular weight excluding hydrogens is 268 g/mol. The zero-order chi connectivity index (χ0) is 14.8. The van der Waals surface area contributed by atoms with Gasteiger partial charge in [-0.25, -0.2) is 0 Å². The summed E-state index contributed by atoms with van der Waals surface area (Å²) in [6.45, 7) is 4.07. The minimum atomic E-state index is -0.647. The molecule has 0 amide bonds. The van der Waals surface area contributed by atoms with Crippen molar-refractivity contribution in [3.05, 3.63) is 47.1 Å². The van der Waals surface area contributed by atoms with E-state index in [0.29, 0.717) is 24.2 Å². The molecule has 0 radical (unpaired) electrons. The number of benzene rings is 1. The smallest absolute Gasteiger partial charge is 0.323 e. The van der Waals surface area contributed by atoms with Gasteiger partial charge in [-0.05, 0) is 37.8 Å². The lowest BCUT2D eigenvalue weighted by molar-refractivity contribution is -0.144. The largest absolute Gasteiger partial charge is 0.465 e. The molecule has 21 heavy (non-hydrogen) atoms. The van der Waals surface area contributed by atoms with E-state index in [1.807, 2.05) is 31.2 Å². The molecule has 0 aliphatic heterocycles. The van der Waals surface area contributed by atoms with Crippen LogP contribution in [0.15, 0.2) is 28.8 Å². The van der Waals surface area contributed by atoms with Crippen LogP contribution < -0.4 is 0 Å². The van der Waals surface area contributed by atoms with Crippen LogP contribution in [-0.2, 0) is 9.53 Å². The number of esters is 1. The van der Waals surface area contributed by atoms with Gasteiger partial charge in [-0.1, -0.05) is 29.4 Å². The Morgan fingerprint density at radius 2 is 2.19 bits per heavy atom. The first-order chi connectivity index (χ1) is 10.2. The number of hydrogen-bond donors (Lipinski definition) is 0. The molecule has 1 aliphatic carbocycles. The van der Waals surface area contributed by atoms with Gasteiger partial charge in [0.1, 0.15) is 0 Å². The fraction of sp³-hybridized carbons (Fsp3) is 0.438. The summed E-state index contributed by atoms with van der Waals surface area (Å²) in [7, 11) is 0. The second kappa shape index (κ2) is 5.68. The van der Waals surface area contributed by atoms with Gasteiger partial charge in [0.2, 0.25) is 5.89 Å². The molecule has 1 aromatic carbocycles. The topological polar surface area (TPSA) is 65.2 Å². The third-order valence-electron chi connectivity index (χ3n) is 3.67. The molecule has 1 aromatic heterocycles. The zero-order valence-electron chi connectivity index (χ0n) is 12.2.